The fourth-order valence-corrected chi connectivity index (χ4v) is 5.85. The van der Waals surface area contributed by atoms with Crippen molar-refractivity contribution in [3.63, 3.8) is 0 Å². The largest absolute Gasteiger partial charge is 0.478 e. The van der Waals surface area contributed by atoms with Gasteiger partial charge in [-0.25, -0.2) is 4.79 Å². The summed E-state index contributed by atoms with van der Waals surface area (Å²) < 4.78 is 2.08. The van der Waals surface area contributed by atoms with Crippen LogP contribution in [0.3, 0.4) is 0 Å². The molecule has 3 aromatic carbocycles. The van der Waals surface area contributed by atoms with Gasteiger partial charge in [-0.2, -0.15) is 0 Å². The normalized spacial score (nSPS) is 15.1. The molecule has 0 atom stereocenters. The Morgan fingerprint density at radius 1 is 0.923 bits per heavy atom. The number of hydrogen-bond acceptors (Lipinski definition) is 3. The quantitative estimate of drug-likeness (QED) is 0.316. The van der Waals surface area contributed by atoms with Crippen molar-refractivity contribution in [1.82, 2.24) is 9.47 Å². The van der Waals surface area contributed by atoms with Crippen molar-refractivity contribution in [2.75, 3.05) is 13.1 Å². The molecule has 1 amide bonds. The molecule has 1 N–H and O–H groups in total. The molecule has 0 bridgehead atoms. The van der Waals surface area contributed by atoms with Crippen LogP contribution in [0.25, 0.3) is 28.2 Å². The molecule has 0 aliphatic carbocycles. The Kier molecular flexibility index (Phi) is 6.96. The van der Waals surface area contributed by atoms with Crippen molar-refractivity contribution in [1.29, 1.82) is 0 Å². The van der Waals surface area contributed by atoms with Crippen LogP contribution >= 0.6 is 0 Å². The topological polar surface area (TPSA) is 79.6 Å². The Morgan fingerprint density at radius 3 is 2.21 bits per heavy atom. The van der Waals surface area contributed by atoms with E-state index < -0.39 is 11.4 Å². The molecule has 198 valence electrons. The average Bonchev–Trinajstić information content (AvgIpc) is 3.22. The fraction of sp³-hybridized carbons (Fsp3) is 0.242. The van der Waals surface area contributed by atoms with Gasteiger partial charge in [0.15, 0.2) is 0 Å². The van der Waals surface area contributed by atoms with Gasteiger partial charge in [-0.3, -0.25) is 9.59 Å². The van der Waals surface area contributed by atoms with Crippen molar-refractivity contribution in [3.05, 3.63) is 101 Å². The van der Waals surface area contributed by atoms with Crippen molar-refractivity contribution in [2.24, 2.45) is 7.05 Å². The van der Waals surface area contributed by atoms with Crippen molar-refractivity contribution in [2.45, 2.75) is 32.1 Å². The predicted molar refractivity (Wildman–Crippen MR) is 154 cm³/mol. The molecule has 6 nitrogen and oxygen atoms in total. The number of fused-ring (bicyclic) bond motifs is 1. The van der Waals surface area contributed by atoms with Gasteiger partial charge in [0.25, 0.3) is 0 Å². The molecule has 1 aliphatic rings. The molecule has 0 unspecified atom stereocenters. The van der Waals surface area contributed by atoms with Crippen LogP contribution in [-0.4, -0.2) is 45.3 Å². The first-order chi connectivity index (χ1) is 18.7. The van der Waals surface area contributed by atoms with Crippen LogP contribution in [0.2, 0.25) is 0 Å². The molecule has 5 rings (SSSR count). The summed E-state index contributed by atoms with van der Waals surface area (Å²) in [7, 11) is 1.98. The third-order valence-corrected chi connectivity index (χ3v) is 8.12. The lowest BCUT2D eigenvalue weighted by molar-refractivity contribution is -0.131. The number of aromatic carboxylic acids is 1. The molecule has 0 spiro atoms. The number of ketones is 1. The van der Waals surface area contributed by atoms with E-state index in [2.05, 4.69) is 22.8 Å². The van der Waals surface area contributed by atoms with Crippen LogP contribution in [0.15, 0.2) is 78.9 Å². The average molecular weight is 521 g/mol. The minimum absolute atomic E-state index is 0.0861. The van der Waals surface area contributed by atoms with E-state index >= 15 is 0 Å². The van der Waals surface area contributed by atoms with Gasteiger partial charge in [0.05, 0.1) is 16.7 Å². The number of aryl methyl sites for hydroxylation is 2. The lowest BCUT2D eigenvalue weighted by atomic mass is 9.70. The first-order valence-corrected chi connectivity index (χ1v) is 13.2. The van der Waals surface area contributed by atoms with E-state index in [1.165, 1.54) is 0 Å². The molecule has 0 radical (unpaired) electrons. The van der Waals surface area contributed by atoms with E-state index in [0.29, 0.717) is 25.9 Å². The molecule has 2 heterocycles. The third kappa shape index (κ3) is 4.78. The second-order valence-corrected chi connectivity index (χ2v) is 10.4. The van der Waals surface area contributed by atoms with Crippen LogP contribution in [-0.2, 0) is 22.1 Å². The minimum atomic E-state index is -0.970. The van der Waals surface area contributed by atoms with Gasteiger partial charge < -0.3 is 14.6 Å². The molecule has 39 heavy (non-hydrogen) atoms. The highest BCUT2D eigenvalue weighted by molar-refractivity contribution is 6.02. The number of piperidine rings is 1. The standard InChI is InChI=1S/C33H32N2O4/c1-22-9-15-29-28(21-22)27(31(34(29)3)24-10-12-25(13-11-24)32(38)39)14-16-30(37)35-19-17-33(18-20-35,23(2)36)26-7-5-4-6-8-26/h4-16,21H,17-20H2,1-3H3,(H,38,39)/b16-14-. The number of carbonyl (C=O) groups excluding carboxylic acids is 2. The fourth-order valence-electron chi connectivity index (χ4n) is 5.85. The summed E-state index contributed by atoms with van der Waals surface area (Å²) in [5.41, 5.74) is 5.52. The van der Waals surface area contributed by atoms with Crippen LogP contribution in [0.4, 0.5) is 0 Å². The van der Waals surface area contributed by atoms with Crippen LogP contribution in [0.1, 0.15) is 46.8 Å². The highest BCUT2D eigenvalue weighted by atomic mass is 16.4. The number of rotatable bonds is 6. The Labute approximate surface area is 228 Å². The monoisotopic (exact) mass is 520 g/mol. The summed E-state index contributed by atoms with van der Waals surface area (Å²) in [6, 6.07) is 22.9. The maximum absolute atomic E-state index is 13.3. The number of carboxylic acids is 1. The van der Waals surface area contributed by atoms with Gasteiger partial charge in [-0.1, -0.05) is 54.1 Å². The van der Waals surface area contributed by atoms with E-state index in [-0.39, 0.29) is 17.3 Å². The number of hydrogen-bond donors (Lipinski definition) is 1. The van der Waals surface area contributed by atoms with E-state index in [1.807, 2.05) is 55.3 Å². The van der Waals surface area contributed by atoms with Crippen LogP contribution < -0.4 is 0 Å². The molecule has 6 heteroatoms. The summed E-state index contributed by atoms with van der Waals surface area (Å²) in [4.78, 5) is 39.3. The first-order valence-electron chi connectivity index (χ1n) is 13.2. The molecule has 1 aromatic heterocycles. The van der Waals surface area contributed by atoms with Crippen molar-refractivity contribution in [3.8, 4) is 11.3 Å². The smallest absolute Gasteiger partial charge is 0.335 e. The predicted octanol–water partition coefficient (Wildman–Crippen LogP) is 6.01. The van der Waals surface area contributed by atoms with Crippen molar-refractivity contribution >= 4 is 34.6 Å². The Bertz CT molecular complexity index is 1590. The van der Waals surface area contributed by atoms with Gasteiger partial charge in [0.1, 0.15) is 5.78 Å². The molecule has 1 aliphatic heterocycles. The van der Waals surface area contributed by atoms with Gasteiger partial charge in [-0.05, 0) is 68.2 Å². The maximum atomic E-state index is 13.3. The van der Waals surface area contributed by atoms with E-state index in [9.17, 15) is 19.5 Å². The van der Waals surface area contributed by atoms with E-state index in [1.54, 1.807) is 37.3 Å². The SMILES string of the molecule is CC(=O)C1(c2ccccc2)CCN(C(=O)/C=C\c2c(-c3ccc(C(=O)O)cc3)n(C)c3ccc(C)cc23)CC1. The molecule has 4 aromatic rings. The summed E-state index contributed by atoms with van der Waals surface area (Å²) >= 11 is 0. The molecular formula is C33H32N2O4. The lowest BCUT2D eigenvalue weighted by Crippen LogP contribution is -2.48. The Morgan fingerprint density at radius 2 is 1.59 bits per heavy atom. The number of amides is 1. The van der Waals surface area contributed by atoms with Gasteiger partial charge >= 0.3 is 5.97 Å². The molecule has 0 saturated carbocycles. The Hall–Kier alpha value is -4.45. The summed E-state index contributed by atoms with van der Waals surface area (Å²) in [6.45, 7) is 4.71. The summed E-state index contributed by atoms with van der Waals surface area (Å²) in [5.74, 6) is -0.916. The maximum Gasteiger partial charge on any atom is 0.335 e. The van der Waals surface area contributed by atoms with Gasteiger partial charge in [0.2, 0.25) is 5.91 Å². The highest BCUT2D eigenvalue weighted by Crippen LogP contribution is 2.37. The second-order valence-electron chi connectivity index (χ2n) is 10.4. The summed E-state index contributed by atoms with van der Waals surface area (Å²) in [5, 5.41) is 10.3. The zero-order valence-corrected chi connectivity index (χ0v) is 22.5. The molecule has 1 saturated heterocycles. The number of carboxylic acid groups (broad SMARTS) is 1. The molecule has 1 fully saturated rings. The number of nitrogens with zero attached hydrogens (tertiary/aromatic N) is 2. The lowest BCUT2D eigenvalue weighted by Gasteiger charge is -2.40. The highest BCUT2D eigenvalue weighted by Gasteiger charge is 2.41. The van der Waals surface area contributed by atoms with Gasteiger partial charge in [0, 0.05) is 42.7 Å². The van der Waals surface area contributed by atoms with Crippen LogP contribution in [0, 0.1) is 6.92 Å². The summed E-state index contributed by atoms with van der Waals surface area (Å²) in [6.07, 6.45) is 4.69. The number of carbonyl (C=O) groups is 3. The van der Waals surface area contributed by atoms with E-state index in [0.717, 1.165) is 38.9 Å². The minimum Gasteiger partial charge on any atom is -0.478 e. The van der Waals surface area contributed by atoms with Crippen LogP contribution in [0.5, 0.6) is 0 Å². The zero-order valence-electron chi connectivity index (χ0n) is 22.5. The second kappa shape index (κ2) is 10.4. The number of aromatic nitrogens is 1. The number of benzene rings is 3. The van der Waals surface area contributed by atoms with Gasteiger partial charge in [-0.15, -0.1) is 0 Å². The van der Waals surface area contributed by atoms with Crippen molar-refractivity contribution < 1.29 is 19.5 Å². The third-order valence-electron chi connectivity index (χ3n) is 8.12. The van der Waals surface area contributed by atoms with E-state index in [4.69, 9.17) is 0 Å². The first kappa shape index (κ1) is 26.2. The molecular weight excluding hydrogens is 488 g/mol. The number of Topliss-reactive ketones (excluding diaryl/α,β-unsaturated/α-hetero) is 1. The number of likely N-dealkylation sites (tertiary alicyclic amines) is 1. The zero-order chi connectivity index (χ0) is 27.7. The Balaban J connectivity index is 1.45.